The third-order valence-corrected chi connectivity index (χ3v) is 2.28. The molecule has 0 radical (unpaired) electrons. The fraction of sp³-hybridized carbons (Fsp3) is 0.273. The van der Waals surface area contributed by atoms with E-state index in [4.69, 9.17) is 0 Å². The van der Waals surface area contributed by atoms with E-state index in [-0.39, 0.29) is 6.03 Å². The average Bonchev–Trinajstić information content (AvgIpc) is 2.85. The molecule has 1 N–H and O–H groups in total. The number of carbonyl (C=O) groups is 1. The summed E-state index contributed by atoms with van der Waals surface area (Å²) in [5.41, 5.74) is 1.52. The highest BCUT2D eigenvalue weighted by molar-refractivity contribution is 5.73. The highest BCUT2D eigenvalue weighted by Gasteiger charge is 2.06. The molecule has 0 atom stereocenters. The number of aromatic nitrogens is 4. The van der Waals surface area contributed by atoms with Crippen LogP contribution in [0.2, 0.25) is 0 Å². The molecule has 7 nitrogen and oxygen atoms in total. The summed E-state index contributed by atoms with van der Waals surface area (Å²) in [6.45, 7) is 0.345. The number of nitrogens with zero attached hydrogens (tertiary/aromatic N) is 5. The summed E-state index contributed by atoms with van der Waals surface area (Å²) in [6.07, 6.45) is 5.14. The van der Waals surface area contributed by atoms with Crippen molar-refractivity contribution < 1.29 is 4.79 Å². The Bertz CT molecular complexity index is 521. The SMILES string of the molecule is CN(C)C(=O)NCc1cn(-c2cccnc2)nn1. The van der Waals surface area contributed by atoms with Crippen molar-refractivity contribution in [3.05, 3.63) is 36.4 Å². The fourth-order valence-corrected chi connectivity index (χ4v) is 1.32. The predicted molar refractivity (Wildman–Crippen MR) is 65.1 cm³/mol. The lowest BCUT2D eigenvalue weighted by Gasteiger charge is -2.10. The molecule has 0 fully saturated rings. The summed E-state index contributed by atoms with van der Waals surface area (Å²) in [5.74, 6) is 0. The minimum Gasteiger partial charge on any atom is -0.332 e. The molecule has 2 aromatic rings. The minimum absolute atomic E-state index is 0.161. The van der Waals surface area contributed by atoms with Crippen molar-refractivity contribution in [2.75, 3.05) is 14.1 Å². The maximum absolute atomic E-state index is 11.3. The highest BCUT2D eigenvalue weighted by Crippen LogP contribution is 2.03. The van der Waals surface area contributed by atoms with Crippen LogP contribution in [0.1, 0.15) is 5.69 Å². The molecule has 94 valence electrons. The van der Waals surface area contributed by atoms with Crippen molar-refractivity contribution in [3.8, 4) is 5.69 Å². The van der Waals surface area contributed by atoms with E-state index in [0.717, 1.165) is 5.69 Å². The van der Waals surface area contributed by atoms with Crippen LogP contribution in [0.4, 0.5) is 4.79 Å². The summed E-state index contributed by atoms with van der Waals surface area (Å²) in [7, 11) is 3.36. The Balaban J connectivity index is 2.01. The normalized spacial score (nSPS) is 10.1. The third-order valence-electron chi connectivity index (χ3n) is 2.28. The standard InChI is InChI=1S/C11H14N6O/c1-16(2)11(18)13-6-9-8-17(15-14-9)10-4-3-5-12-7-10/h3-5,7-8H,6H2,1-2H3,(H,13,18). The van der Waals surface area contributed by atoms with Gasteiger partial charge >= 0.3 is 6.03 Å². The molecule has 0 saturated heterocycles. The van der Waals surface area contributed by atoms with Gasteiger partial charge in [0.2, 0.25) is 0 Å². The van der Waals surface area contributed by atoms with E-state index in [9.17, 15) is 4.79 Å². The van der Waals surface area contributed by atoms with Crippen molar-refractivity contribution in [3.63, 3.8) is 0 Å². The van der Waals surface area contributed by atoms with Crippen molar-refractivity contribution in [2.24, 2.45) is 0 Å². The molecule has 0 bridgehead atoms. The first kappa shape index (κ1) is 12.0. The van der Waals surface area contributed by atoms with E-state index in [1.54, 1.807) is 37.4 Å². The molecule has 2 amide bonds. The number of hydrogen-bond donors (Lipinski definition) is 1. The van der Waals surface area contributed by atoms with Crippen molar-refractivity contribution >= 4 is 6.03 Å². The van der Waals surface area contributed by atoms with Gasteiger partial charge in [0.15, 0.2) is 0 Å². The van der Waals surface area contributed by atoms with Gasteiger partial charge in [0.25, 0.3) is 0 Å². The van der Waals surface area contributed by atoms with Gasteiger partial charge in [0, 0.05) is 20.3 Å². The van der Waals surface area contributed by atoms with E-state index < -0.39 is 0 Å². The number of amides is 2. The molecule has 0 aromatic carbocycles. The van der Waals surface area contributed by atoms with E-state index >= 15 is 0 Å². The van der Waals surface area contributed by atoms with Crippen molar-refractivity contribution in [2.45, 2.75) is 6.54 Å². The largest absolute Gasteiger partial charge is 0.332 e. The van der Waals surface area contributed by atoms with Crippen molar-refractivity contribution in [1.29, 1.82) is 0 Å². The summed E-state index contributed by atoms with van der Waals surface area (Å²) < 4.78 is 1.62. The van der Waals surface area contributed by atoms with Gasteiger partial charge in [-0.3, -0.25) is 4.98 Å². The van der Waals surface area contributed by atoms with Gasteiger partial charge in [0.1, 0.15) is 5.69 Å². The smallest absolute Gasteiger partial charge is 0.317 e. The van der Waals surface area contributed by atoms with Crippen molar-refractivity contribution in [1.82, 2.24) is 30.2 Å². The quantitative estimate of drug-likeness (QED) is 0.852. The molecule has 0 spiro atoms. The van der Waals surface area contributed by atoms with E-state index in [2.05, 4.69) is 20.6 Å². The van der Waals surface area contributed by atoms with Gasteiger partial charge in [-0.1, -0.05) is 5.21 Å². The van der Waals surface area contributed by atoms with Crippen LogP contribution in [0.15, 0.2) is 30.7 Å². The van der Waals surface area contributed by atoms with E-state index in [1.807, 2.05) is 12.1 Å². The zero-order valence-corrected chi connectivity index (χ0v) is 10.2. The van der Waals surface area contributed by atoms with E-state index in [1.165, 1.54) is 4.90 Å². The molecule has 0 unspecified atom stereocenters. The second-order valence-corrected chi connectivity index (χ2v) is 3.92. The summed E-state index contributed by atoms with van der Waals surface area (Å²) in [4.78, 5) is 16.8. The number of urea groups is 1. The Labute approximate surface area is 104 Å². The van der Waals surface area contributed by atoms with Crippen LogP contribution in [0.5, 0.6) is 0 Å². The number of pyridine rings is 1. The number of rotatable bonds is 3. The Morgan fingerprint density at radius 1 is 1.50 bits per heavy atom. The first-order valence-corrected chi connectivity index (χ1v) is 5.43. The minimum atomic E-state index is -0.161. The lowest BCUT2D eigenvalue weighted by molar-refractivity contribution is 0.217. The molecule has 2 rings (SSSR count). The molecule has 7 heteroatoms. The predicted octanol–water partition coefficient (Wildman–Crippen LogP) is 0.434. The van der Waals surface area contributed by atoms with Crippen LogP contribution in [-0.2, 0) is 6.54 Å². The lowest BCUT2D eigenvalue weighted by Crippen LogP contribution is -2.34. The topological polar surface area (TPSA) is 75.9 Å². The van der Waals surface area contributed by atoms with Gasteiger partial charge in [0.05, 0.1) is 24.6 Å². The molecule has 2 aromatic heterocycles. The fourth-order valence-electron chi connectivity index (χ4n) is 1.32. The van der Waals surface area contributed by atoms with Gasteiger partial charge < -0.3 is 10.2 Å². The Kier molecular flexibility index (Phi) is 3.52. The molecule has 18 heavy (non-hydrogen) atoms. The Morgan fingerprint density at radius 2 is 2.33 bits per heavy atom. The van der Waals surface area contributed by atoms with E-state index in [0.29, 0.717) is 12.2 Å². The van der Waals surface area contributed by atoms with Crippen LogP contribution in [0, 0.1) is 0 Å². The molecule has 0 aliphatic rings. The van der Waals surface area contributed by atoms with Gasteiger partial charge in [-0.05, 0) is 12.1 Å². The Hall–Kier alpha value is -2.44. The molecule has 2 heterocycles. The van der Waals surface area contributed by atoms with Crippen LogP contribution in [-0.4, -0.2) is 45.0 Å². The molecule has 0 saturated carbocycles. The maximum Gasteiger partial charge on any atom is 0.317 e. The van der Waals surface area contributed by atoms with Gasteiger partial charge in [-0.25, -0.2) is 9.48 Å². The van der Waals surface area contributed by atoms with Gasteiger partial charge in [-0.2, -0.15) is 0 Å². The van der Waals surface area contributed by atoms with Crippen LogP contribution in [0.3, 0.4) is 0 Å². The number of nitrogens with one attached hydrogen (secondary N) is 1. The molecular weight excluding hydrogens is 232 g/mol. The molecule has 0 aliphatic heterocycles. The summed E-state index contributed by atoms with van der Waals surface area (Å²) >= 11 is 0. The second kappa shape index (κ2) is 5.26. The summed E-state index contributed by atoms with van der Waals surface area (Å²) in [6, 6.07) is 3.54. The van der Waals surface area contributed by atoms with Gasteiger partial charge in [-0.15, -0.1) is 5.10 Å². The zero-order valence-electron chi connectivity index (χ0n) is 10.2. The Morgan fingerprint density at radius 3 is 3.00 bits per heavy atom. The third kappa shape index (κ3) is 2.82. The number of hydrogen-bond acceptors (Lipinski definition) is 4. The van der Waals surface area contributed by atoms with Crippen LogP contribution < -0.4 is 5.32 Å². The highest BCUT2D eigenvalue weighted by atomic mass is 16.2. The monoisotopic (exact) mass is 246 g/mol. The molecular formula is C11H14N6O. The first-order valence-electron chi connectivity index (χ1n) is 5.43. The van der Waals surface area contributed by atoms with Crippen LogP contribution >= 0.6 is 0 Å². The molecule has 0 aliphatic carbocycles. The zero-order chi connectivity index (χ0) is 13.0. The van der Waals surface area contributed by atoms with Crippen LogP contribution in [0.25, 0.3) is 5.69 Å². The first-order chi connectivity index (χ1) is 8.66. The second-order valence-electron chi connectivity index (χ2n) is 3.92. The summed E-state index contributed by atoms with van der Waals surface area (Å²) in [5, 5.41) is 10.7. The average molecular weight is 246 g/mol. The lowest BCUT2D eigenvalue weighted by atomic mass is 10.4. The number of carbonyl (C=O) groups excluding carboxylic acids is 1. The maximum atomic E-state index is 11.3.